The first-order chi connectivity index (χ1) is 14.0. The van der Waals surface area contributed by atoms with E-state index in [9.17, 15) is 4.79 Å². The average molecular weight is 390 g/mol. The van der Waals surface area contributed by atoms with Crippen LogP contribution in [0.4, 0.5) is 0 Å². The summed E-state index contributed by atoms with van der Waals surface area (Å²) in [6.07, 6.45) is 3.58. The number of benzene rings is 1. The summed E-state index contributed by atoms with van der Waals surface area (Å²) in [4.78, 5) is 16.8. The van der Waals surface area contributed by atoms with Gasteiger partial charge < -0.3 is 9.84 Å². The van der Waals surface area contributed by atoms with E-state index < -0.39 is 0 Å². The van der Waals surface area contributed by atoms with Crippen LogP contribution in [0.2, 0.25) is 0 Å². The maximum atomic E-state index is 12.4. The van der Waals surface area contributed by atoms with Crippen molar-refractivity contribution >= 4 is 11.6 Å². The molecule has 0 aliphatic carbocycles. The van der Waals surface area contributed by atoms with Gasteiger partial charge in [0.05, 0.1) is 6.54 Å². The molecule has 29 heavy (non-hydrogen) atoms. The zero-order valence-corrected chi connectivity index (χ0v) is 16.6. The average Bonchev–Trinajstić information content (AvgIpc) is 3.35. The van der Waals surface area contributed by atoms with Gasteiger partial charge in [0, 0.05) is 23.7 Å². The maximum absolute atomic E-state index is 12.4. The molecular weight excluding hydrogens is 368 g/mol. The summed E-state index contributed by atoms with van der Waals surface area (Å²) >= 11 is 0. The molecule has 0 unspecified atom stereocenters. The van der Waals surface area contributed by atoms with Crippen LogP contribution in [0.3, 0.4) is 0 Å². The molecule has 0 atom stereocenters. The molecule has 4 aromatic rings. The summed E-state index contributed by atoms with van der Waals surface area (Å²) in [6.45, 7) is 6.35. The first kappa shape index (κ1) is 18.8. The molecule has 0 bridgehead atoms. The smallest absolute Gasteiger partial charge is 0.258 e. The van der Waals surface area contributed by atoms with Gasteiger partial charge in [-0.05, 0) is 55.7 Å². The molecule has 0 aliphatic rings. The Balaban J connectivity index is 1.50. The van der Waals surface area contributed by atoms with E-state index in [0.29, 0.717) is 28.8 Å². The number of carbonyl (C=O) groups excluding carboxylic acids is 1. The number of aromatic nitrogens is 5. The normalized spacial score (nSPS) is 11.1. The van der Waals surface area contributed by atoms with Crippen molar-refractivity contribution in [2.45, 2.75) is 40.2 Å². The molecule has 3 heterocycles. The van der Waals surface area contributed by atoms with Crippen molar-refractivity contribution in [3.05, 3.63) is 64.9 Å². The number of pyridine rings is 1. The Morgan fingerprint density at radius 3 is 2.79 bits per heavy atom. The number of carbonyl (C=O) groups is 1. The Bertz CT molecular complexity index is 1180. The molecule has 1 aromatic carbocycles. The first-order valence-electron chi connectivity index (χ1n) is 9.57. The molecule has 4 rings (SSSR count). The second-order valence-corrected chi connectivity index (χ2v) is 7.01. The third-order valence-electron chi connectivity index (χ3n) is 4.85. The van der Waals surface area contributed by atoms with Crippen LogP contribution < -0.4 is 5.32 Å². The number of nitrogens with one attached hydrogen (secondary N) is 1. The molecule has 0 spiro atoms. The van der Waals surface area contributed by atoms with Crippen LogP contribution in [0.15, 0.2) is 41.1 Å². The fraction of sp³-hybridized carbons (Fsp3) is 0.286. The molecule has 3 aromatic heterocycles. The minimum atomic E-state index is -0.143. The topological polar surface area (TPSA) is 98.2 Å². The quantitative estimate of drug-likeness (QED) is 0.542. The largest absolute Gasteiger partial charge is 0.345 e. The SMILES string of the molecule is CCCc1noc(-c2ccn3c(CNC(=O)c4ccc(C)c(C)c4)nnc3c2)n1. The molecule has 0 fully saturated rings. The predicted octanol–water partition coefficient (Wildman–Crippen LogP) is 3.28. The highest BCUT2D eigenvalue weighted by molar-refractivity contribution is 5.94. The molecule has 0 radical (unpaired) electrons. The van der Waals surface area contributed by atoms with E-state index in [1.54, 1.807) is 0 Å². The second kappa shape index (κ2) is 7.83. The summed E-state index contributed by atoms with van der Waals surface area (Å²) in [6, 6.07) is 9.36. The van der Waals surface area contributed by atoms with Crippen LogP contribution in [0, 0.1) is 13.8 Å². The van der Waals surface area contributed by atoms with Gasteiger partial charge in [0.15, 0.2) is 17.3 Å². The van der Waals surface area contributed by atoms with E-state index in [4.69, 9.17) is 4.52 Å². The summed E-state index contributed by atoms with van der Waals surface area (Å²) in [7, 11) is 0. The molecule has 8 heteroatoms. The van der Waals surface area contributed by atoms with Crippen LogP contribution in [-0.2, 0) is 13.0 Å². The van der Waals surface area contributed by atoms with Gasteiger partial charge >= 0.3 is 0 Å². The number of aryl methyl sites for hydroxylation is 3. The number of rotatable bonds is 6. The summed E-state index contributed by atoms with van der Waals surface area (Å²) in [5.41, 5.74) is 4.30. The van der Waals surface area contributed by atoms with Crippen molar-refractivity contribution in [3.63, 3.8) is 0 Å². The third-order valence-corrected chi connectivity index (χ3v) is 4.85. The van der Waals surface area contributed by atoms with E-state index in [0.717, 1.165) is 29.5 Å². The monoisotopic (exact) mass is 390 g/mol. The number of nitrogens with zero attached hydrogens (tertiary/aromatic N) is 5. The van der Waals surface area contributed by atoms with Crippen molar-refractivity contribution < 1.29 is 9.32 Å². The second-order valence-electron chi connectivity index (χ2n) is 7.01. The van der Waals surface area contributed by atoms with Gasteiger partial charge in [-0.1, -0.05) is 18.1 Å². The predicted molar refractivity (Wildman–Crippen MR) is 107 cm³/mol. The Hall–Kier alpha value is -3.55. The van der Waals surface area contributed by atoms with Crippen LogP contribution in [0.25, 0.3) is 17.1 Å². The standard InChI is InChI=1S/C21H22N6O2/c1-4-5-17-23-21(29-26-17)16-8-9-27-18(11-16)24-25-19(27)12-22-20(28)15-7-6-13(2)14(3)10-15/h6-11H,4-5,12H2,1-3H3,(H,22,28). The van der Waals surface area contributed by atoms with Crippen LogP contribution in [0.1, 0.15) is 46.5 Å². The van der Waals surface area contributed by atoms with Crippen molar-refractivity contribution in [2.75, 3.05) is 0 Å². The Labute approximate surface area is 168 Å². The van der Waals surface area contributed by atoms with Crippen molar-refractivity contribution in [2.24, 2.45) is 0 Å². The first-order valence-corrected chi connectivity index (χ1v) is 9.57. The van der Waals surface area contributed by atoms with Crippen molar-refractivity contribution in [3.8, 4) is 11.5 Å². The lowest BCUT2D eigenvalue weighted by Gasteiger charge is -2.06. The molecule has 0 aliphatic heterocycles. The Morgan fingerprint density at radius 1 is 1.14 bits per heavy atom. The van der Waals surface area contributed by atoms with E-state index in [-0.39, 0.29) is 12.5 Å². The Kier molecular flexibility index (Phi) is 5.07. The van der Waals surface area contributed by atoms with E-state index >= 15 is 0 Å². The zero-order valence-electron chi connectivity index (χ0n) is 16.6. The van der Waals surface area contributed by atoms with Gasteiger partial charge in [-0.15, -0.1) is 10.2 Å². The maximum Gasteiger partial charge on any atom is 0.258 e. The number of amides is 1. The molecule has 1 N–H and O–H groups in total. The number of hydrogen-bond donors (Lipinski definition) is 1. The number of hydrogen-bond acceptors (Lipinski definition) is 6. The molecule has 0 saturated heterocycles. The lowest BCUT2D eigenvalue weighted by molar-refractivity contribution is 0.0949. The number of fused-ring (bicyclic) bond motifs is 1. The molecule has 8 nitrogen and oxygen atoms in total. The molecule has 0 saturated carbocycles. The summed E-state index contributed by atoms with van der Waals surface area (Å²) < 4.78 is 7.16. The highest BCUT2D eigenvalue weighted by Gasteiger charge is 2.13. The van der Waals surface area contributed by atoms with E-state index in [1.807, 2.05) is 54.8 Å². The summed E-state index contributed by atoms with van der Waals surface area (Å²) in [5.74, 6) is 1.65. The van der Waals surface area contributed by atoms with Gasteiger partial charge in [0.25, 0.3) is 11.8 Å². The van der Waals surface area contributed by atoms with Crippen LogP contribution >= 0.6 is 0 Å². The van der Waals surface area contributed by atoms with Gasteiger partial charge in [-0.25, -0.2) is 0 Å². The minimum Gasteiger partial charge on any atom is -0.345 e. The van der Waals surface area contributed by atoms with Crippen LogP contribution in [-0.4, -0.2) is 30.6 Å². The zero-order chi connectivity index (χ0) is 20.4. The molecule has 1 amide bonds. The van der Waals surface area contributed by atoms with Gasteiger partial charge in [0.2, 0.25) is 0 Å². The minimum absolute atomic E-state index is 0.143. The Morgan fingerprint density at radius 2 is 2.00 bits per heavy atom. The lowest BCUT2D eigenvalue weighted by atomic mass is 10.1. The highest BCUT2D eigenvalue weighted by Crippen LogP contribution is 2.19. The van der Waals surface area contributed by atoms with Crippen molar-refractivity contribution in [1.29, 1.82) is 0 Å². The molecule has 148 valence electrons. The van der Waals surface area contributed by atoms with E-state index in [2.05, 4.69) is 32.6 Å². The van der Waals surface area contributed by atoms with Gasteiger partial charge in [-0.3, -0.25) is 9.20 Å². The van der Waals surface area contributed by atoms with Crippen LogP contribution in [0.5, 0.6) is 0 Å². The fourth-order valence-electron chi connectivity index (χ4n) is 3.03. The highest BCUT2D eigenvalue weighted by atomic mass is 16.5. The van der Waals surface area contributed by atoms with Gasteiger partial charge in [0.1, 0.15) is 0 Å². The fourth-order valence-corrected chi connectivity index (χ4v) is 3.03. The summed E-state index contributed by atoms with van der Waals surface area (Å²) in [5, 5.41) is 15.3. The lowest BCUT2D eigenvalue weighted by Crippen LogP contribution is -2.24. The third kappa shape index (κ3) is 3.87. The van der Waals surface area contributed by atoms with E-state index in [1.165, 1.54) is 0 Å². The molecular formula is C21H22N6O2. The van der Waals surface area contributed by atoms with Crippen molar-refractivity contribution in [1.82, 2.24) is 30.1 Å². The van der Waals surface area contributed by atoms with Gasteiger partial charge in [-0.2, -0.15) is 4.98 Å².